The first kappa shape index (κ1) is 14.2. The first-order chi connectivity index (χ1) is 9.08. The lowest BCUT2D eigenvalue weighted by molar-refractivity contribution is 0.184. The molecule has 0 aliphatic carbocycles. The molecule has 1 aromatic carbocycles. The van der Waals surface area contributed by atoms with Gasteiger partial charge in [0, 0.05) is 25.7 Å². The Morgan fingerprint density at radius 1 is 1.32 bits per heavy atom. The van der Waals surface area contributed by atoms with Crippen LogP contribution >= 0.6 is 0 Å². The maximum absolute atomic E-state index is 9.97. The zero-order valence-electron chi connectivity index (χ0n) is 12.0. The molecule has 1 fully saturated rings. The minimum Gasteiger partial charge on any atom is -0.489 e. The molecule has 4 nitrogen and oxygen atoms in total. The number of hydrogen-bond acceptors (Lipinski definition) is 4. The van der Waals surface area contributed by atoms with Gasteiger partial charge in [0.05, 0.1) is 17.9 Å². The molecule has 1 aliphatic rings. The number of rotatable bonds is 3. The van der Waals surface area contributed by atoms with Crippen molar-refractivity contribution in [3.63, 3.8) is 0 Å². The van der Waals surface area contributed by atoms with Crippen LogP contribution in [-0.4, -0.2) is 43.0 Å². The molecular weight excluding hydrogens is 240 g/mol. The molecule has 2 atom stereocenters. The minimum absolute atomic E-state index is 0.145. The molecule has 0 saturated carbocycles. The van der Waals surface area contributed by atoms with Crippen molar-refractivity contribution in [2.24, 2.45) is 0 Å². The molecular formula is C15H24N2O2. The Bertz CT molecular complexity index is 409. The Balaban J connectivity index is 2.27. The highest BCUT2D eigenvalue weighted by atomic mass is 16.5. The van der Waals surface area contributed by atoms with Crippen LogP contribution in [-0.2, 0) is 0 Å². The molecule has 0 aromatic heterocycles. The minimum atomic E-state index is -0.350. The van der Waals surface area contributed by atoms with Crippen molar-refractivity contribution in [3.8, 4) is 5.75 Å². The van der Waals surface area contributed by atoms with Crippen molar-refractivity contribution < 1.29 is 9.84 Å². The lowest BCUT2D eigenvalue weighted by atomic mass is 10.2. The summed E-state index contributed by atoms with van der Waals surface area (Å²) in [6.07, 6.45) is -0.205. The zero-order chi connectivity index (χ0) is 13.8. The van der Waals surface area contributed by atoms with Crippen molar-refractivity contribution in [1.82, 2.24) is 5.32 Å². The average Bonchev–Trinajstić information content (AvgIpc) is 2.51. The number of nitrogens with zero attached hydrogens (tertiary/aromatic N) is 1. The molecule has 19 heavy (non-hydrogen) atoms. The maximum atomic E-state index is 9.97. The number of hydrogen-bond donors (Lipinski definition) is 2. The predicted octanol–water partition coefficient (Wildman–Crippen LogP) is 1.63. The summed E-state index contributed by atoms with van der Waals surface area (Å²) in [7, 11) is 0. The Morgan fingerprint density at radius 2 is 2.05 bits per heavy atom. The first-order valence-electron chi connectivity index (χ1n) is 6.99. The van der Waals surface area contributed by atoms with Crippen molar-refractivity contribution in [1.29, 1.82) is 0 Å². The van der Waals surface area contributed by atoms with Crippen LogP contribution in [0, 0.1) is 0 Å². The molecule has 0 radical (unpaired) electrons. The van der Waals surface area contributed by atoms with Crippen LogP contribution in [0.2, 0.25) is 0 Å². The number of para-hydroxylation sites is 2. The van der Waals surface area contributed by atoms with Gasteiger partial charge in [-0.1, -0.05) is 12.1 Å². The topological polar surface area (TPSA) is 44.7 Å². The second-order valence-corrected chi connectivity index (χ2v) is 5.45. The van der Waals surface area contributed by atoms with E-state index in [0.717, 1.165) is 18.0 Å². The van der Waals surface area contributed by atoms with Crippen LogP contribution in [0.5, 0.6) is 5.75 Å². The molecule has 2 unspecified atom stereocenters. The predicted molar refractivity (Wildman–Crippen MR) is 77.9 cm³/mol. The number of benzene rings is 1. The summed E-state index contributed by atoms with van der Waals surface area (Å²) in [4.78, 5) is 2.22. The zero-order valence-corrected chi connectivity index (χ0v) is 12.0. The summed E-state index contributed by atoms with van der Waals surface area (Å²) in [6.45, 7) is 8.36. The lowest BCUT2D eigenvalue weighted by Gasteiger charge is -2.31. The van der Waals surface area contributed by atoms with Crippen LogP contribution in [0.25, 0.3) is 0 Å². The van der Waals surface area contributed by atoms with E-state index >= 15 is 0 Å². The molecule has 4 heteroatoms. The van der Waals surface area contributed by atoms with Gasteiger partial charge < -0.3 is 20.1 Å². The van der Waals surface area contributed by atoms with Crippen LogP contribution in [0.1, 0.15) is 20.8 Å². The summed E-state index contributed by atoms with van der Waals surface area (Å²) < 4.78 is 5.88. The number of aliphatic hydroxyl groups excluding tert-OH is 1. The largest absolute Gasteiger partial charge is 0.489 e. The summed E-state index contributed by atoms with van der Waals surface area (Å²) in [5.74, 6) is 0.887. The molecule has 1 heterocycles. The van der Waals surface area contributed by atoms with E-state index < -0.39 is 0 Å². The van der Waals surface area contributed by atoms with Gasteiger partial charge in [0.15, 0.2) is 0 Å². The molecule has 1 saturated heterocycles. The summed E-state index contributed by atoms with van der Waals surface area (Å²) >= 11 is 0. The maximum Gasteiger partial charge on any atom is 0.142 e. The molecule has 0 spiro atoms. The lowest BCUT2D eigenvalue weighted by Crippen LogP contribution is -2.39. The first-order valence-corrected chi connectivity index (χ1v) is 6.99. The molecule has 0 bridgehead atoms. The summed E-state index contributed by atoms with van der Waals surface area (Å²) in [5.41, 5.74) is 1.06. The molecule has 106 valence electrons. The third-order valence-corrected chi connectivity index (χ3v) is 3.30. The van der Waals surface area contributed by atoms with E-state index in [-0.39, 0.29) is 12.2 Å². The van der Waals surface area contributed by atoms with Crippen LogP contribution in [0.15, 0.2) is 24.3 Å². The average molecular weight is 264 g/mol. The molecule has 1 aromatic rings. The Kier molecular flexibility index (Phi) is 4.66. The third kappa shape index (κ3) is 3.61. The van der Waals surface area contributed by atoms with Crippen molar-refractivity contribution in [2.75, 3.05) is 24.5 Å². The van der Waals surface area contributed by atoms with E-state index in [1.165, 1.54) is 0 Å². The van der Waals surface area contributed by atoms with E-state index in [1.807, 2.05) is 32.0 Å². The van der Waals surface area contributed by atoms with Gasteiger partial charge in [-0.25, -0.2) is 0 Å². The fraction of sp³-hybridized carbons (Fsp3) is 0.600. The quantitative estimate of drug-likeness (QED) is 0.871. The molecule has 1 aliphatic heterocycles. The van der Waals surface area contributed by atoms with Gasteiger partial charge in [-0.05, 0) is 32.9 Å². The summed E-state index contributed by atoms with van der Waals surface area (Å²) in [6, 6.07) is 8.38. The van der Waals surface area contributed by atoms with Crippen LogP contribution < -0.4 is 15.0 Å². The van der Waals surface area contributed by atoms with E-state index in [0.29, 0.717) is 19.1 Å². The third-order valence-electron chi connectivity index (χ3n) is 3.30. The number of β-amino-alcohol motifs (C(OH)–C–C–N with tert-alkyl or cyclic N) is 1. The highest BCUT2D eigenvalue weighted by Crippen LogP contribution is 2.30. The van der Waals surface area contributed by atoms with E-state index in [2.05, 4.69) is 23.2 Å². The van der Waals surface area contributed by atoms with Gasteiger partial charge in [-0.2, -0.15) is 0 Å². The van der Waals surface area contributed by atoms with Gasteiger partial charge in [0.2, 0.25) is 0 Å². The van der Waals surface area contributed by atoms with Gasteiger partial charge >= 0.3 is 0 Å². The standard InChI is InChI=1S/C15H24N2O2/c1-11(2)19-15-7-5-4-6-14(15)17-10-13(18)9-16-8-12(17)3/h4-7,11-13,16,18H,8-10H2,1-3H3. The van der Waals surface area contributed by atoms with Gasteiger partial charge in [-0.3, -0.25) is 0 Å². The molecule has 2 N–H and O–H groups in total. The van der Waals surface area contributed by atoms with Crippen LogP contribution in [0.4, 0.5) is 5.69 Å². The van der Waals surface area contributed by atoms with Crippen molar-refractivity contribution in [3.05, 3.63) is 24.3 Å². The highest BCUT2D eigenvalue weighted by Gasteiger charge is 2.24. The number of aliphatic hydroxyl groups is 1. The van der Waals surface area contributed by atoms with E-state index in [1.54, 1.807) is 0 Å². The highest BCUT2D eigenvalue weighted by molar-refractivity contribution is 5.59. The van der Waals surface area contributed by atoms with Crippen molar-refractivity contribution >= 4 is 5.69 Å². The molecule has 0 amide bonds. The smallest absolute Gasteiger partial charge is 0.142 e. The number of nitrogens with one attached hydrogen (secondary N) is 1. The normalized spacial score (nSPS) is 24.4. The second-order valence-electron chi connectivity index (χ2n) is 5.45. The van der Waals surface area contributed by atoms with Crippen molar-refractivity contribution in [2.45, 2.75) is 39.0 Å². The van der Waals surface area contributed by atoms with E-state index in [4.69, 9.17) is 4.74 Å². The van der Waals surface area contributed by atoms with Crippen LogP contribution in [0.3, 0.4) is 0 Å². The Morgan fingerprint density at radius 3 is 2.79 bits per heavy atom. The van der Waals surface area contributed by atoms with Gasteiger partial charge in [-0.15, -0.1) is 0 Å². The SMILES string of the molecule is CC(C)Oc1ccccc1N1CC(O)CNCC1C. The second kappa shape index (κ2) is 6.26. The fourth-order valence-electron chi connectivity index (χ4n) is 2.42. The number of anilines is 1. The molecule has 2 rings (SSSR count). The Hall–Kier alpha value is -1.26. The fourth-order valence-corrected chi connectivity index (χ4v) is 2.42. The Labute approximate surface area is 115 Å². The van der Waals surface area contributed by atoms with Gasteiger partial charge in [0.25, 0.3) is 0 Å². The monoisotopic (exact) mass is 264 g/mol. The number of ether oxygens (including phenoxy) is 1. The van der Waals surface area contributed by atoms with Gasteiger partial charge in [0.1, 0.15) is 5.75 Å². The van der Waals surface area contributed by atoms with E-state index in [9.17, 15) is 5.11 Å². The summed E-state index contributed by atoms with van der Waals surface area (Å²) in [5, 5.41) is 13.2.